The average Bonchev–Trinajstić information content (AvgIpc) is 3.11. The molecule has 0 heterocycles. The normalized spacial score (nSPS) is 11.6. The van der Waals surface area contributed by atoms with E-state index in [0.29, 0.717) is 39.0 Å². The van der Waals surface area contributed by atoms with Crippen LogP contribution in [0.5, 0.6) is 11.5 Å². The van der Waals surface area contributed by atoms with Crippen LogP contribution in [-0.2, 0) is 9.59 Å². The first-order valence-electron chi connectivity index (χ1n) is 14.8. The zero-order valence-corrected chi connectivity index (χ0v) is 27.7. The van der Waals surface area contributed by atoms with Crippen molar-refractivity contribution in [2.24, 2.45) is 0 Å². The Bertz CT molecular complexity index is 1940. The van der Waals surface area contributed by atoms with Crippen LogP contribution in [0.3, 0.4) is 0 Å². The van der Waals surface area contributed by atoms with Crippen LogP contribution in [0.25, 0.3) is 6.08 Å². The van der Waals surface area contributed by atoms with Crippen molar-refractivity contribution in [3.05, 3.63) is 155 Å². The summed E-state index contributed by atoms with van der Waals surface area (Å²) in [4.78, 5) is 41.2. The number of carbonyl (C=O) groups excluding carboxylic acids is 3. The number of thioether (sulfide) groups is 1. The van der Waals surface area contributed by atoms with Crippen molar-refractivity contribution >= 4 is 58.5 Å². The summed E-state index contributed by atoms with van der Waals surface area (Å²) < 4.78 is 10.8. The molecule has 1 atom stereocenters. The van der Waals surface area contributed by atoms with Gasteiger partial charge >= 0.3 is 0 Å². The third-order valence-electron chi connectivity index (χ3n) is 7.05. The minimum absolute atomic E-state index is 0.00608. The fourth-order valence-corrected chi connectivity index (χ4v) is 5.97. The van der Waals surface area contributed by atoms with Crippen molar-refractivity contribution in [1.82, 2.24) is 5.32 Å². The van der Waals surface area contributed by atoms with E-state index in [1.807, 2.05) is 36.4 Å². The number of amides is 3. The number of methoxy groups -OCH3 is 2. The van der Waals surface area contributed by atoms with E-state index in [9.17, 15) is 14.4 Å². The first-order valence-corrected chi connectivity index (χ1v) is 16.1. The van der Waals surface area contributed by atoms with Crippen molar-refractivity contribution in [3.8, 4) is 11.5 Å². The molecule has 0 radical (unpaired) electrons. The number of hydrogen-bond donors (Lipinski definition) is 3. The molecule has 242 valence electrons. The molecule has 3 amide bonds. The highest BCUT2D eigenvalue weighted by atomic mass is 35.5. The highest BCUT2D eigenvalue weighted by Crippen LogP contribution is 2.37. The second-order valence-corrected chi connectivity index (χ2v) is 12.0. The van der Waals surface area contributed by atoms with Crippen molar-refractivity contribution in [2.75, 3.05) is 24.9 Å². The molecule has 1 unspecified atom stereocenters. The van der Waals surface area contributed by atoms with E-state index in [1.165, 1.54) is 18.9 Å². The fourth-order valence-electron chi connectivity index (χ4n) is 4.69. The quantitative estimate of drug-likeness (QED) is 0.0908. The maximum Gasteiger partial charge on any atom is 0.272 e. The van der Waals surface area contributed by atoms with Crippen LogP contribution in [0.4, 0.5) is 11.4 Å². The first-order chi connectivity index (χ1) is 23.3. The summed E-state index contributed by atoms with van der Waals surface area (Å²) >= 11 is 7.47. The average molecular weight is 678 g/mol. The highest BCUT2D eigenvalue weighted by molar-refractivity contribution is 8.00. The molecule has 5 aromatic carbocycles. The Kier molecular flexibility index (Phi) is 11.5. The molecule has 48 heavy (non-hydrogen) atoms. The molecule has 3 N–H and O–H groups in total. The van der Waals surface area contributed by atoms with Crippen LogP contribution in [-0.4, -0.2) is 31.9 Å². The number of carbonyl (C=O) groups is 3. The van der Waals surface area contributed by atoms with Gasteiger partial charge in [0.25, 0.3) is 11.8 Å². The van der Waals surface area contributed by atoms with Gasteiger partial charge in [-0.05, 0) is 72.3 Å². The Morgan fingerprint density at radius 2 is 1.42 bits per heavy atom. The van der Waals surface area contributed by atoms with Gasteiger partial charge in [0.2, 0.25) is 5.91 Å². The van der Waals surface area contributed by atoms with Gasteiger partial charge in [-0.1, -0.05) is 72.3 Å². The number of rotatable bonds is 12. The Morgan fingerprint density at radius 3 is 2.10 bits per heavy atom. The molecule has 0 aliphatic heterocycles. The highest BCUT2D eigenvalue weighted by Gasteiger charge is 2.23. The smallest absolute Gasteiger partial charge is 0.272 e. The fraction of sp³-hybridized carbons (Fsp3) is 0.0789. The number of hydrogen-bond acceptors (Lipinski definition) is 6. The minimum Gasteiger partial charge on any atom is -0.497 e. The molecule has 0 saturated carbocycles. The van der Waals surface area contributed by atoms with Crippen LogP contribution in [0, 0.1) is 0 Å². The lowest BCUT2D eigenvalue weighted by Crippen LogP contribution is -2.30. The monoisotopic (exact) mass is 677 g/mol. The molecule has 5 rings (SSSR count). The molecular weight excluding hydrogens is 646 g/mol. The summed E-state index contributed by atoms with van der Waals surface area (Å²) in [5, 5.41) is 8.50. The molecule has 5 aromatic rings. The van der Waals surface area contributed by atoms with Crippen LogP contribution >= 0.6 is 23.4 Å². The Balaban J connectivity index is 1.41. The lowest BCUT2D eigenvalue weighted by Gasteiger charge is -2.18. The van der Waals surface area contributed by atoms with Gasteiger partial charge in [0, 0.05) is 38.5 Å². The van der Waals surface area contributed by atoms with E-state index < -0.39 is 17.1 Å². The van der Waals surface area contributed by atoms with Gasteiger partial charge in [-0.15, -0.1) is 11.8 Å². The standard InChI is InChI=1S/C38H32ClN3O5S/c1-46-31-20-19-27(34(24-31)47-2)21-33(42-36(43)26-13-7-4-8-14-26)37(44)40-30-17-10-18-32(23-30)48-35(25-11-5-3-6-12-25)38(45)41-29-16-9-15-28(39)22-29/h3-24,35H,1-2H3,(H,40,44)(H,41,45)(H,42,43)/b33-21+. The molecule has 0 aromatic heterocycles. The summed E-state index contributed by atoms with van der Waals surface area (Å²) in [5.41, 5.74) is 2.79. The van der Waals surface area contributed by atoms with E-state index in [2.05, 4.69) is 16.0 Å². The Morgan fingerprint density at radius 1 is 0.729 bits per heavy atom. The predicted molar refractivity (Wildman–Crippen MR) is 192 cm³/mol. The van der Waals surface area contributed by atoms with Gasteiger partial charge in [0.15, 0.2) is 0 Å². The molecule has 0 bridgehead atoms. The van der Waals surface area contributed by atoms with Crippen LogP contribution in [0.2, 0.25) is 5.02 Å². The third-order valence-corrected chi connectivity index (χ3v) is 8.53. The molecular formula is C38H32ClN3O5S. The van der Waals surface area contributed by atoms with E-state index in [1.54, 1.807) is 104 Å². The molecule has 0 saturated heterocycles. The first kappa shape index (κ1) is 33.8. The summed E-state index contributed by atoms with van der Waals surface area (Å²) in [7, 11) is 3.05. The molecule has 0 aliphatic rings. The van der Waals surface area contributed by atoms with Crippen molar-refractivity contribution in [1.29, 1.82) is 0 Å². The van der Waals surface area contributed by atoms with Gasteiger partial charge in [-0.25, -0.2) is 0 Å². The number of halogens is 1. The van der Waals surface area contributed by atoms with E-state index >= 15 is 0 Å². The van der Waals surface area contributed by atoms with Crippen LogP contribution < -0.4 is 25.4 Å². The second kappa shape index (κ2) is 16.4. The van der Waals surface area contributed by atoms with E-state index in [-0.39, 0.29) is 11.6 Å². The zero-order chi connectivity index (χ0) is 33.9. The van der Waals surface area contributed by atoms with Crippen molar-refractivity contribution in [3.63, 3.8) is 0 Å². The van der Waals surface area contributed by atoms with Gasteiger partial charge in [-0.2, -0.15) is 0 Å². The van der Waals surface area contributed by atoms with Gasteiger partial charge in [0.05, 0.1) is 14.2 Å². The number of anilines is 2. The lowest BCUT2D eigenvalue weighted by atomic mass is 10.1. The van der Waals surface area contributed by atoms with Gasteiger partial charge in [0.1, 0.15) is 22.4 Å². The topological polar surface area (TPSA) is 106 Å². The number of benzene rings is 5. The SMILES string of the molecule is COc1ccc(/C=C(/NC(=O)c2ccccc2)C(=O)Nc2cccc(SC(C(=O)Nc3cccc(Cl)c3)c3ccccc3)c2)c(OC)c1. The predicted octanol–water partition coefficient (Wildman–Crippen LogP) is 8.24. The molecule has 0 fully saturated rings. The van der Waals surface area contributed by atoms with Crippen LogP contribution in [0.15, 0.2) is 138 Å². The van der Waals surface area contributed by atoms with Gasteiger partial charge in [-0.3, -0.25) is 14.4 Å². The number of nitrogens with one attached hydrogen (secondary N) is 3. The van der Waals surface area contributed by atoms with Gasteiger partial charge < -0.3 is 25.4 Å². The van der Waals surface area contributed by atoms with Crippen molar-refractivity contribution < 1.29 is 23.9 Å². The summed E-state index contributed by atoms with van der Waals surface area (Å²) in [6.07, 6.45) is 1.54. The minimum atomic E-state index is -0.612. The summed E-state index contributed by atoms with van der Waals surface area (Å²) in [5.74, 6) is -0.212. The molecule has 10 heteroatoms. The van der Waals surface area contributed by atoms with E-state index in [4.69, 9.17) is 21.1 Å². The maximum atomic E-state index is 13.8. The van der Waals surface area contributed by atoms with E-state index in [0.717, 1.165) is 10.5 Å². The largest absolute Gasteiger partial charge is 0.497 e. The van der Waals surface area contributed by atoms with Crippen molar-refractivity contribution in [2.45, 2.75) is 10.1 Å². The lowest BCUT2D eigenvalue weighted by molar-refractivity contribution is -0.116. The number of ether oxygens (including phenoxy) is 2. The molecule has 0 aliphatic carbocycles. The third kappa shape index (κ3) is 9.06. The Hall–Kier alpha value is -5.51. The van der Waals surface area contributed by atoms with Crippen LogP contribution in [0.1, 0.15) is 26.7 Å². The molecule has 8 nitrogen and oxygen atoms in total. The Labute approximate surface area is 288 Å². The summed E-state index contributed by atoms with van der Waals surface area (Å²) in [6, 6.07) is 37.3. The zero-order valence-electron chi connectivity index (χ0n) is 26.1. The maximum absolute atomic E-state index is 13.8. The second-order valence-electron chi connectivity index (χ2n) is 10.4. The molecule has 0 spiro atoms. The summed E-state index contributed by atoms with van der Waals surface area (Å²) in [6.45, 7) is 0.